The largest absolute Gasteiger partial charge is 0.379 e. The highest BCUT2D eigenvalue weighted by Crippen LogP contribution is 2.22. The minimum atomic E-state index is -0.482. The highest BCUT2D eigenvalue weighted by Gasteiger charge is 2.37. The molecule has 0 spiro atoms. The summed E-state index contributed by atoms with van der Waals surface area (Å²) < 4.78 is 11.2. The molecule has 0 aromatic carbocycles. The van der Waals surface area contributed by atoms with Crippen molar-refractivity contribution in [3.05, 3.63) is 0 Å². The molecule has 0 aliphatic carbocycles. The molecule has 0 N–H and O–H groups in total. The number of hydrogen-bond acceptors (Lipinski definition) is 5. The number of carbonyl (C=O) groups is 2. The molecule has 1 unspecified atom stereocenters. The van der Waals surface area contributed by atoms with E-state index in [1.165, 1.54) is 4.90 Å². The monoisotopic (exact) mass is 317 g/mol. The minimum Gasteiger partial charge on any atom is -0.379 e. The molecule has 5 nitrogen and oxygen atoms in total. The topological polar surface area (TPSA) is 55.8 Å². The lowest BCUT2D eigenvalue weighted by atomic mass is 10.0. The molecule has 1 rings (SSSR count). The van der Waals surface area contributed by atoms with Gasteiger partial charge in [0.05, 0.1) is 23.1 Å². The van der Waals surface area contributed by atoms with Gasteiger partial charge in [-0.05, 0) is 40.5 Å². The van der Waals surface area contributed by atoms with E-state index in [1.54, 1.807) is 7.11 Å². The molecule has 0 aromatic rings. The second-order valence-electron chi connectivity index (χ2n) is 6.68. The molecule has 0 bridgehead atoms. The van der Waals surface area contributed by atoms with Gasteiger partial charge in [-0.3, -0.25) is 14.5 Å². The van der Waals surface area contributed by atoms with Crippen LogP contribution in [0.25, 0.3) is 0 Å². The summed E-state index contributed by atoms with van der Waals surface area (Å²) in [6, 6.07) is 0. The van der Waals surface area contributed by atoms with Crippen molar-refractivity contribution in [3.63, 3.8) is 0 Å². The highest BCUT2D eigenvalue weighted by atomic mass is 32.1. The van der Waals surface area contributed by atoms with Crippen molar-refractivity contribution in [2.45, 2.75) is 63.4 Å². The molecule has 21 heavy (non-hydrogen) atoms. The van der Waals surface area contributed by atoms with Crippen LogP contribution in [0, 0.1) is 0 Å². The molecule has 1 aliphatic rings. The number of hydrogen-bond donors (Lipinski definition) is 1. The zero-order valence-corrected chi connectivity index (χ0v) is 14.5. The fraction of sp³-hybridized carbons (Fsp3) is 0.867. The van der Waals surface area contributed by atoms with Crippen molar-refractivity contribution in [1.29, 1.82) is 0 Å². The first-order valence-corrected chi connectivity index (χ1v) is 7.81. The van der Waals surface area contributed by atoms with Crippen molar-refractivity contribution in [2.24, 2.45) is 0 Å². The number of thiol groups is 1. The highest BCUT2D eigenvalue weighted by molar-refractivity contribution is 7.81. The zero-order valence-electron chi connectivity index (χ0n) is 13.6. The first-order valence-electron chi connectivity index (χ1n) is 7.29. The number of likely N-dealkylation sites (tertiary alicyclic amines) is 1. The molecule has 1 atom stereocenters. The minimum absolute atomic E-state index is 0.142. The van der Waals surface area contributed by atoms with E-state index in [0.29, 0.717) is 19.6 Å². The Morgan fingerprint density at radius 3 is 2.29 bits per heavy atom. The number of methoxy groups -OCH3 is 1. The predicted octanol–water partition coefficient (Wildman–Crippen LogP) is 2.04. The molecular weight excluding hydrogens is 290 g/mol. The first-order chi connectivity index (χ1) is 9.58. The van der Waals surface area contributed by atoms with E-state index < -0.39 is 5.25 Å². The number of nitrogens with zero attached hydrogens (tertiary/aromatic N) is 1. The molecule has 1 heterocycles. The van der Waals surface area contributed by atoms with Crippen LogP contribution in [-0.4, -0.2) is 53.4 Å². The Bertz CT molecular complexity index is 395. The Morgan fingerprint density at radius 1 is 1.19 bits per heavy atom. The fourth-order valence-corrected chi connectivity index (χ4v) is 2.32. The Morgan fingerprint density at radius 2 is 1.81 bits per heavy atom. The number of ether oxygens (including phenoxy) is 2. The molecule has 0 radical (unpaired) electrons. The summed E-state index contributed by atoms with van der Waals surface area (Å²) >= 11 is 4.11. The Kier molecular flexibility index (Phi) is 6.25. The van der Waals surface area contributed by atoms with Crippen molar-refractivity contribution >= 4 is 24.4 Å². The van der Waals surface area contributed by atoms with Crippen molar-refractivity contribution in [3.8, 4) is 0 Å². The molecule has 122 valence electrons. The smallest absolute Gasteiger partial charge is 0.242 e. The van der Waals surface area contributed by atoms with Crippen LogP contribution < -0.4 is 0 Å². The summed E-state index contributed by atoms with van der Waals surface area (Å²) in [4.78, 5) is 24.8. The third-order valence-electron chi connectivity index (χ3n) is 3.91. The van der Waals surface area contributed by atoms with E-state index in [1.807, 2.05) is 27.7 Å². The van der Waals surface area contributed by atoms with Crippen LogP contribution in [0.1, 0.15) is 47.0 Å². The lowest BCUT2D eigenvalue weighted by Gasteiger charge is -2.30. The van der Waals surface area contributed by atoms with E-state index >= 15 is 0 Å². The molecule has 1 aliphatic heterocycles. The number of amides is 2. The summed E-state index contributed by atoms with van der Waals surface area (Å²) in [6.45, 7) is 8.92. The van der Waals surface area contributed by atoms with Crippen LogP contribution in [0.4, 0.5) is 0 Å². The van der Waals surface area contributed by atoms with E-state index in [-0.39, 0.29) is 29.4 Å². The quantitative estimate of drug-likeness (QED) is 0.550. The fourth-order valence-electron chi connectivity index (χ4n) is 2.03. The van der Waals surface area contributed by atoms with Gasteiger partial charge in [-0.25, -0.2) is 0 Å². The number of carbonyl (C=O) groups excluding carboxylic acids is 2. The lowest BCUT2D eigenvalue weighted by Crippen LogP contribution is -2.37. The third-order valence-corrected chi connectivity index (χ3v) is 4.31. The summed E-state index contributed by atoms with van der Waals surface area (Å²) in [5.41, 5.74) is -0.602. The molecule has 2 amide bonds. The van der Waals surface area contributed by atoms with Gasteiger partial charge in [0, 0.05) is 20.1 Å². The third kappa shape index (κ3) is 5.60. The second kappa shape index (κ2) is 7.11. The number of imide groups is 1. The maximum atomic E-state index is 11.8. The zero-order chi connectivity index (χ0) is 16.3. The number of rotatable bonds is 8. The van der Waals surface area contributed by atoms with Crippen LogP contribution in [0.15, 0.2) is 0 Å². The SMILES string of the molecule is COC(C)(C)CCOC(C)(C)CCN1C(=O)CC(S)C1=O. The van der Waals surface area contributed by atoms with Gasteiger partial charge < -0.3 is 9.47 Å². The van der Waals surface area contributed by atoms with Gasteiger partial charge in [-0.15, -0.1) is 0 Å². The summed E-state index contributed by atoms with van der Waals surface area (Å²) in [5, 5.41) is -0.482. The Balaban J connectivity index is 2.39. The van der Waals surface area contributed by atoms with Crippen molar-refractivity contribution < 1.29 is 19.1 Å². The average Bonchev–Trinajstić information content (AvgIpc) is 2.61. The molecule has 0 saturated carbocycles. The molecule has 0 aromatic heterocycles. The lowest BCUT2D eigenvalue weighted by molar-refractivity contribution is -0.139. The van der Waals surface area contributed by atoms with Gasteiger partial charge in [0.2, 0.25) is 11.8 Å². The van der Waals surface area contributed by atoms with Gasteiger partial charge in [-0.2, -0.15) is 12.6 Å². The van der Waals surface area contributed by atoms with Gasteiger partial charge in [0.1, 0.15) is 0 Å². The predicted molar refractivity (Wildman–Crippen MR) is 84.5 cm³/mol. The van der Waals surface area contributed by atoms with E-state index in [4.69, 9.17) is 9.47 Å². The van der Waals surface area contributed by atoms with Crippen LogP contribution in [0.3, 0.4) is 0 Å². The standard InChI is InChI=1S/C15H27NO4S/c1-14(2,19-5)7-9-20-15(3,4)6-8-16-12(17)10-11(21)13(16)18/h11,21H,6-10H2,1-5H3. The van der Waals surface area contributed by atoms with E-state index in [9.17, 15) is 9.59 Å². The van der Waals surface area contributed by atoms with Crippen molar-refractivity contribution in [1.82, 2.24) is 4.90 Å². The van der Waals surface area contributed by atoms with Crippen LogP contribution in [0.5, 0.6) is 0 Å². The maximum Gasteiger partial charge on any atom is 0.242 e. The first kappa shape index (κ1) is 18.5. The maximum absolute atomic E-state index is 11.8. The summed E-state index contributed by atoms with van der Waals surface area (Å²) in [7, 11) is 1.68. The van der Waals surface area contributed by atoms with Gasteiger partial charge in [-0.1, -0.05) is 0 Å². The molecule has 6 heteroatoms. The van der Waals surface area contributed by atoms with Crippen LogP contribution in [0.2, 0.25) is 0 Å². The second-order valence-corrected chi connectivity index (χ2v) is 7.30. The van der Waals surface area contributed by atoms with Gasteiger partial charge in [0.15, 0.2) is 0 Å². The summed E-state index contributed by atoms with van der Waals surface area (Å²) in [5.74, 6) is -0.337. The molecule has 1 saturated heterocycles. The molecular formula is C15H27NO4S. The Labute approximate surface area is 132 Å². The molecule has 1 fully saturated rings. The normalized spacial score (nSPS) is 20.5. The van der Waals surface area contributed by atoms with Crippen LogP contribution >= 0.6 is 12.6 Å². The summed E-state index contributed by atoms with van der Waals surface area (Å²) in [6.07, 6.45) is 1.59. The Hall–Kier alpha value is -0.590. The van der Waals surface area contributed by atoms with Crippen molar-refractivity contribution in [2.75, 3.05) is 20.3 Å². The average molecular weight is 317 g/mol. The van der Waals surface area contributed by atoms with Gasteiger partial charge >= 0.3 is 0 Å². The van der Waals surface area contributed by atoms with Gasteiger partial charge in [0.25, 0.3) is 0 Å². The van der Waals surface area contributed by atoms with E-state index in [2.05, 4.69) is 12.6 Å². The van der Waals surface area contributed by atoms with E-state index in [0.717, 1.165) is 6.42 Å². The van der Waals surface area contributed by atoms with Crippen LogP contribution in [-0.2, 0) is 19.1 Å².